The van der Waals surface area contributed by atoms with Crippen LogP contribution < -0.4 is 0 Å². The van der Waals surface area contributed by atoms with Crippen LogP contribution in [0.3, 0.4) is 0 Å². The highest BCUT2D eigenvalue weighted by Crippen LogP contribution is 2.20. The Labute approximate surface area is 77.6 Å². The van der Waals surface area contributed by atoms with Crippen molar-refractivity contribution in [2.75, 3.05) is 13.2 Å². The zero-order valence-electron chi connectivity index (χ0n) is 7.60. The van der Waals surface area contributed by atoms with Crippen molar-refractivity contribution in [2.45, 2.75) is 13.0 Å². The normalized spacial score (nSPS) is 12.8. The van der Waals surface area contributed by atoms with Gasteiger partial charge in [0.25, 0.3) is 0 Å². The lowest BCUT2D eigenvalue weighted by Gasteiger charge is -2.14. The third kappa shape index (κ3) is 2.72. The minimum Gasteiger partial charge on any atom is -0.508 e. The number of phenolic OH excluding ortho intramolecular Hbond substituents is 1. The summed E-state index contributed by atoms with van der Waals surface area (Å²) in [6.07, 6.45) is -0.336. The molecule has 1 rings (SSSR count). The molecule has 0 fully saturated rings. The van der Waals surface area contributed by atoms with Crippen LogP contribution in [-0.4, -0.2) is 23.4 Å². The molecule has 0 saturated heterocycles. The molecule has 0 spiro atoms. The molecule has 0 aliphatic heterocycles. The summed E-state index contributed by atoms with van der Waals surface area (Å²) in [4.78, 5) is 0. The molecular formula is C10H14O3. The van der Waals surface area contributed by atoms with Crippen molar-refractivity contribution in [1.29, 1.82) is 0 Å². The summed E-state index contributed by atoms with van der Waals surface area (Å²) < 4.78 is 5.27. The topological polar surface area (TPSA) is 49.7 Å². The Hall–Kier alpha value is -1.06. The predicted octanol–water partition coefficient (Wildman–Crippen LogP) is 1.46. The van der Waals surface area contributed by atoms with Crippen LogP contribution in [0, 0.1) is 0 Å². The number of aromatic hydroxyl groups is 1. The minimum atomic E-state index is -0.336. The number of ether oxygens (including phenoxy) is 1. The molecule has 0 aliphatic rings. The van der Waals surface area contributed by atoms with Crippen molar-refractivity contribution < 1.29 is 14.9 Å². The second kappa shape index (κ2) is 4.84. The van der Waals surface area contributed by atoms with Gasteiger partial charge < -0.3 is 14.9 Å². The molecule has 3 heteroatoms. The van der Waals surface area contributed by atoms with E-state index >= 15 is 0 Å². The first-order valence-electron chi connectivity index (χ1n) is 4.29. The molecule has 1 unspecified atom stereocenters. The van der Waals surface area contributed by atoms with Crippen LogP contribution in [0.5, 0.6) is 5.75 Å². The molecule has 0 amide bonds. The van der Waals surface area contributed by atoms with Gasteiger partial charge in [-0.25, -0.2) is 0 Å². The average molecular weight is 182 g/mol. The molecule has 1 atom stereocenters. The van der Waals surface area contributed by atoms with E-state index in [9.17, 15) is 5.11 Å². The lowest BCUT2D eigenvalue weighted by atomic mass is 10.1. The molecule has 0 saturated carbocycles. The van der Waals surface area contributed by atoms with E-state index in [1.54, 1.807) is 18.2 Å². The standard InChI is InChI=1S/C10H14O3/c1-2-13-10(7-11)8-4-3-5-9(12)6-8/h3-6,10-12H,2,7H2,1H3. The summed E-state index contributed by atoms with van der Waals surface area (Å²) in [6, 6.07) is 6.73. The number of aliphatic hydroxyl groups is 1. The largest absolute Gasteiger partial charge is 0.508 e. The highest BCUT2D eigenvalue weighted by atomic mass is 16.5. The third-order valence-corrected chi connectivity index (χ3v) is 1.78. The SMILES string of the molecule is CCOC(CO)c1cccc(O)c1. The smallest absolute Gasteiger partial charge is 0.115 e. The summed E-state index contributed by atoms with van der Waals surface area (Å²) in [5.74, 6) is 0.190. The highest BCUT2D eigenvalue weighted by molar-refractivity contribution is 5.28. The van der Waals surface area contributed by atoms with E-state index < -0.39 is 0 Å². The third-order valence-electron chi connectivity index (χ3n) is 1.78. The van der Waals surface area contributed by atoms with E-state index in [-0.39, 0.29) is 18.5 Å². The molecule has 0 heterocycles. The number of rotatable bonds is 4. The molecule has 0 bridgehead atoms. The Balaban J connectivity index is 2.78. The Bertz CT molecular complexity index is 260. The molecule has 0 aliphatic carbocycles. The maximum absolute atomic E-state index is 9.19. The molecule has 0 aromatic heterocycles. The first kappa shape index (κ1) is 10.0. The van der Waals surface area contributed by atoms with Gasteiger partial charge in [-0.2, -0.15) is 0 Å². The van der Waals surface area contributed by atoms with Gasteiger partial charge in [-0.3, -0.25) is 0 Å². The fourth-order valence-corrected chi connectivity index (χ4v) is 1.18. The first-order valence-corrected chi connectivity index (χ1v) is 4.29. The number of benzene rings is 1. The number of hydrogen-bond acceptors (Lipinski definition) is 3. The van der Waals surface area contributed by atoms with Crippen molar-refractivity contribution in [3.8, 4) is 5.75 Å². The van der Waals surface area contributed by atoms with Crippen molar-refractivity contribution >= 4 is 0 Å². The molecule has 2 N–H and O–H groups in total. The molecule has 3 nitrogen and oxygen atoms in total. The van der Waals surface area contributed by atoms with E-state index in [1.165, 1.54) is 0 Å². The van der Waals surface area contributed by atoms with Gasteiger partial charge in [0.2, 0.25) is 0 Å². The first-order chi connectivity index (χ1) is 6.27. The van der Waals surface area contributed by atoms with E-state index in [0.717, 1.165) is 5.56 Å². The molecule has 72 valence electrons. The van der Waals surface area contributed by atoms with Gasteiger partial charge in [0.05, 0.1) is 6.61 Å². The Morgan fingerprint density at radius 1 is 1.46 bits per heavy atom. The summed E-state index contributed by atoms with van der Waals surface area (Å²) in [6.45, 7) is 2.34. The van der Waals surface area contributed by atoms with Gasteiger partial charge in [0.1, 0.15) is 11.9 Å². The van der Waals surface area contributed by atoms with Crippen molar-refractivity contribution in [3.63, 3.8) is 0 Å². The number of hydrogen-bond donors (Lipinski definition) is 2. The van der Waals surface area contributed by atoms with Gasteiger partial charge >= 0.3 is 0 Å². The average Bonchev–Trinajstić information content (AvgIpc) is 2.14. The van der Waals surface area contributed by atoms with Crippen LogP contribution in [0.2, 0.25) is 0 Å². The van der Waals surface area contributed by atoms with E-state index in [1.807, 2.05) is 13.0 Å². The van der Waals surface area contributed by atoms with Gasteiger partial charge in [0.15, 0.2) is 0 Å². The quantitative estimate of drug-likeness (QED) is 0.741. The second-order valence-corrected chi connectivity index (χ2v) is 2.72. The van der Waals surface area contributed by atoms with Crippen LogP contribution in [0.1, 0.15) is 18.6 Å². The van der Waals surface area contributed by atoms with Gasteiger partial charge in [0, 0.05) is 6.61 Å². The van der Waals surface area contributed by atoms with Gasteiger partial charge in [-0.1, -0.05) is 12.1 Å². The Kier molecular flexibility index (Phi) is 3.73. The zero-order chi connectivity index (χ0) is 9.68. The summed E-state index contributed by atoms with van der Waals surface area (Å²) in [5, 5.41) is 18.2. The van der Waals surface area contributed by atoms with Crippen LogP contribution in [-0.2, 0) is 4.74 Å². The van der Waals surface area contributed by atoms with E-state index in [2.05, 4.69) is 0 Å². The van der Waals surface area contributed by atoms with Gasteiger partial charge in [-0.05, 0) is 24.6 Å². The summed E-state index contributed by atoms with van der Waals surface area (Å²) in [5.41, 5.74) is 0.796. The van der Waals surface area contributed by atoms with Gasteiger partial charge in [-0.15, -0.1) is 0 Å². The Morgan fingerprint density at radius 3 is 2.77 bits per heavy atom. The van der Waals surface area contributed by atoms with Crippen LogP contribution in [0.15, 0.2) is 24.3 Å². The summed E-state index contributed by atoms with van der Waals surface area (Å²) in [7, 11) is 0. The maximum atomic E-state index is 9.19. The van der Waals surface area contributed by atoms with E-state index in [0.29, 0.717) is 6.61 Å². The summed E-state index contributed by atoms with van der Waals surface area (Å²) >= 11 is 0. The molecule has 1 aromatic rings. The minimum absolute atomic E-state index is 0.0721. The van der Waals surface area contributed by atoms with Crippen molar-refractivity contribution in [2.24, 2.45) is 0 Å². The number of phenols is 1. The van der Waals surface area contributed by atoms with Crippen LogP contribution >= 0.6 is 0 Å². The maximum Gasteiger partial charge on any atom is 0.115 e. The Morgan fingerprint density at radius 2 is 2.23 bits per heavy atom. The highest BCUT2D eigenvalue weighted by Gasteiger charge is 2.09. The lowest BCUT2D eigenvalue weighted by molar-refractivity contribution is 0.0188. The fourth-order valence-electron chi connectivity index (χ4n) is 1.18. The van der Waals surface area contributed by atoms with Crippen molar-refractivity contribution in [1.82, 2.24) is 0 Å². The fraction of sp³-hybridized carbons (Fsp3) is 0.400. The second-order valence-electron chi connectivity index (χ2n) is 2.72. The monoisotopic (exact) mass is 182 g/mol. The zero-order valence-corrected chi connectivity index (χ0v) is 7.60. The molecule has 13 heavy (non-hydrogen) atoms. The molecular weight excluding hydrogens is 168 g/mol. The number of aliphatic hydroxyl groups excluding tert-OH is 1. The van der Waals surface area contributed by atoms with Crippen LogP contribution in [0.25, 0.3) is 0 Å². The molecule has 1 aromatic carbocycles. The lowest BCUT2D eigenvalue weighted by Crippen LogP contribution is -2.08. The van der Waals surface area contributed by atoms with Crippen LogP contribution in [0.4, 0.5) is 0 Å². The predicted molar refractivity (Wildman–Crippen MR) is 49.6 cm³/mol. The van der Waals surface area contributed by atoms with E-state index in [4.69, 9.17) is 9.84 Å². The molecule has 0 radical (unpaired) electrons. The van der Waals surface area contributed by atoms with Crippen molar-refractivity contribution in [3.05, 3.63) is 29.8 Å².